The summed E-state index contributed by atoms with van der Waals surface area (Å²) < 4.78 is 1.92. The molecule has 6 nitrogen and oxygen atoms in total. The van der Waals surface area contributed by atoms with Crippen molar-refractivity contribution in [2.24, 2.45) is 0 Å². The van der Waals surface area contributed by atoms with Crippen LogP contribution in [-0.2, 0) is 13.0 Å². The van der Waals surface area contributed by atoms with Gasteiger partial charge in [-0.05, 0) is 46.0 Å². The highest BCUT2D eigenvalue weighted by Gasteiger charge is 2.30. The van der Waals surface area contributed by atoms with Crippen molar-refractivity contribution >= 4 is 11.8 Å². The molecule has 0 radical (unpaired) electrons. The lowest BCUT2D eigenvalue weighted by Gasteiger charge is -2.17. The zero-order chi connectivity index (χ0) is 15.0. The highest BCUT2D eigenvalue weighted by atomic mass is 16.2. The van der Waals surface area contributed by atoms with Gasteiger partial charge < -0.3 is 15.2 Å². The van der Waals surface area contributed by atoms with Crippen molar-refractivity contribution in [1.29, 1.82) is 0 Å². The number of hydrogen-bond donors (Lipinski definition) is 2. The maximum Gasteiger partial charge on any atom is 0.287 e. The lowest BCUT2D eigenvalue weighted by atomic mass is 10.1. The van der Waals surface area contributed by atoms with Crippen LogP contribution < -0.4 is 10.6 Å². The molecule has 3 rings (SSSR count). The Morgan fingerprint density at radius 3 is 2.67 bits per heavy atom. The third-order valence-corrected chi connectivity index (χ3v) is 3.87. The first-order valence-corrected chi connectivity index (χ1v) is 7.77. The summed E-state index contributed by atoms with van der Waals surface area (Å²) in [4.78, 5) is 28.9. The molecule has 2 N–H and O–H groups in total. The summed E-state index contributed by atoms with van der Waals surface area (Å²) in [6.45, 7) is 4.59. The maximum absolute atomic E-state index is 12.3. The minimum absolute atomic E-state index is 0.0535. The second kappa shape index (κ2) is 5.50. The number of aromatic nitrogens is 2. The van der Waals surface area contributed by atoms with E-state index in [-0.39, 0.29) is 17.9 Å². The molecule has 0 spiro atoms. The van der Waals surface area contributed by atoms with Crippen LogP contribution in [-0.4, -0.2) is 33.4 Å². The summed E-state index contributed by atoms with van der Waals surface area (Å²) in [6.07, 6.45) is 4.97. The quantitative estimate of drug-likeness (QED) is 0.876. The van der Waals surface area contributed by atoms with Gasteiger partial charge in [0.25, 0.3) is 11.8 Å². The van der Waals surface area contributed by atoms with Gasteiger partial charge in [0.05, 0.1) is 5.69 Å². The van der Waals surface area contributed by atoms with E-state index in [9.17, 15) is 9.59 Å². The molecule has 1 aromatic heterocycles. The second-order valence-corrected chi connectivity index (χ2v) is 6.22. The molecular weight excluding hydrogens is 268 g/mol. The fourth-order valence-corrected chi connectivity index (χ4v) is 2.71. The average Bonchev–Trinajstić information content (AvgIpc) is 3.16. The zero-order valence-corrected chi connectivity index (χ0v) is 12.6. The van der Waals surface area contributed by atoms with E-state index < -0.39 is 0 Å². The Balaban J connectivity index is 1.91. The Labute approximate surface area is 124 Å². The molecule has 114 valence electrons. The van der Waals surface area contributed by atoms with Crippen LogP contribution in [0.25, 0.3) is 0 Å². The summed E-state index contributed by atoms with van der Waals surface area (Å²) in [7, 11) is 0. The third kappa shape index (κ3) is 2.94. The van der Waals surface area contributed by atoms with Crippen LogP contribution >= 0.6 is 0 Å². The molecule has 2 aliphatic rings. The SMILES string of the molecule is CC(C)NC(=O)c1nc(C(=O)NC2CC2)c2n1CCCC2. The molecular formula is C15H22N4O2. The number of imidazole rings is 1. The molecule has 1 aliphatic heterocycles. The number of carbonyl (C=O) groups is 2. The van der Waals surface area contributed by atoms with E-state index in [1.807, 2.05) is 18.4 Å². The number of rotatable bonds is 4. The van der Waals surface area contributed by atoms with Crippen LogP contribution in [0.3, 0.4) is 0 Å². The highest BCUT2D eigenvalue weighted by molar-refractivity contribution is 5.97. The summed E-state index contributed by atoms with van der Waals surface area (Å²) in [5.41, 5.74) is 1.35. The Kier molecular flexibility index (Phi) is 3.69. The molecule has 1 saturated carbocycles. The number of hydrogen-bond acceptors (Lipinski definition) is 3. The monoisotopic (exact) mass is 290 g/mol. The summed E-state index contributed by atoms with van der Waals surface area (Å²) in [5.74, 6) is 0.0460. The first-order valence-electron chi connectivity index (χ1n) is 7.77. The van der Waals surface area contributed by atoms with Crippen LogP contribution in [0, 0.1) is 0 Å². The van der Waals surface area contributed by atoms with Gasteiger partial charge >= 0.3 is 0 Å². The molecule has 6 heteroatoms. The topological polar surface area (TPSA) is 76.0 Å². The number of carbonyl (C=O) groups excluding carboxylic acids is 2. The minimum Gasteiger partial charge on any atom is -0.348 e. The van der Waals surface area contributed by atoms with Crippen molar-refractivity contribution in [2.75, 3.05) is 0 Å². The van der Waals surface area contributed by atoms with Gasteiger partial charge in [0.2, 0.25) is 0 Å². The lowest BCUT2D eigenvalue weighted by Crippen LogP contribution is -2.33. The van der Waals surface area contributed by atoms with Gasteiger partial charge in [-0.3, -0.25) is 9.59 Å². The van der Waals surface area contributed by atoms with Crippen LogP contribution in [0.15, 0.2) is 0 Å². The molecule has 2 amide bonds. The Hall–Kier alpha value is -1.85. The van der Waals surface area contributed by atoms with Gasteiger partial charge in [-0.15, -0.1) is 0 Å². The van der Waals surface area contributed by atoms with E-state index in [4.69, 9.17) is 0 Å². The average molecular weight is 290 g/mol. The molecule has 0 aromatic carbocycles. The van der Waals surface area contributed by atoms with Crippen molar-refractivity contribution in [1.82, 2.24) is 20.2 Å². The summed E-state index contributed by atoms with van der Waals surface area (Å²) >= 11 is 0. The van der Waals surface area contributed by atoms with Crippen molar-refractivity contribution in [3.8, 4) is 0 Å². The van der Waals surface area contributed by atoms with Crippen LogP contribution in [0.1, 0.15) is 66.3 Å². The summed E-state index contributed by atoms with van der Waals surface area (Å²) in [5, 5.41) is 5.83. The Morgan fingerprint density at radius 2 is 2.00 bits per heavy atom. The van der Waals surface area contributed by atoms with Gasteiger partial charge in [0.15, 0.2) is 5.82 Å². The first kappa shape index (κ1) is 14.1. The van der Waals surface area contributed by atoms with E-state index in [1.165, 1.54) is 0 Å². The third-order valence-electron chi connectivity index (χ3n) is 3.87. The fourth-order valence-electron chi connectivity index (χ4n) is 2.71. The van der Waals surface area contributed by atoms with Crippen molar-refractivity contribution in [2.45, 2.75) is 64.6 Å². The largest absolute Gasteiger partial charge is 0.348 e. The smallest absolute Gasteiger partial charge is 0.287 e. The predicted molar refractivity (Wildman–Crippen MR) is 78.3 cm³/mol. The van der Waals surface area contributed by atoms with Crippen molar-refractivity contribution in [3.63, 3.8) is 0 Å². The number of nitrogens with one attached hydrogen (secondary N) is 2. The van der Waals surface area contributed by atoms with Gasteiger partial charge in [-0.1, -0.05) is 0 Å². The maximum atomic E-state index is 12.3. The molecule has 0 unspecified atom stereocenters. The van der Waals surface area contributed by atoms with E-state index in [1.54, 1.807) is 0 Å². The van der Waals surface area contributed by atoms with E-state index in [2.05, 4.69) is 15.6 Å². The van der Waals surface area contributed by atoms with E-state index in [0.717, 1.165) is 44.3 Å². The van der Waals surface area contributed by atoms with Crippen molar-refractivity contribution in [3.05, 3.63) is 17.2 Å². The molecule has 21 heavy (non-hydrogen) atoms. The van der Waals surface area contributed by atoms with E-state index in [0.29, 0.717) is 17.6 Å². The highest BCUT2D eigenvalue weighted by Crippen LogP contribution is 2.23. The molecule has 1 aliphatic carbocycles. The number of fused-ring (bicyclic) bond motifs is 1. The lowest BCUT2D eigenvalue weighted by molar-refractivity contribution is 0.0927. The molecule has 0 atom stereocenters. The van der Waals surface area contributed by atoms with Crippen LogP contribution in [0.5, 0.6) is 0 Å². The molecule has 2 heterocycles. The Bertz CT molecular complexity index is 532. The normalized spacial score (nSPS) is 17.5. The molecule has 0 bridgehead atoms. The van der Waals surface area contributed by atoms with Gasteiger partial charge in [-0.2, -0.15) is 0 Å². The Morgan fingerprint density at radius 1 is 1.24 bits per heavy atom. The van der Waals surface area contributed by atoms with Crippen LogP contribution in [0.4, 0.5) is 0 Å². The van der Waals surface area contributed by atoms with Crippen LogP contribution in [0.2, 0.25) is 0 Å². The van der Waals surface area contributed by atoms with Gasteiger partial charge in [0, 0.05) is 18.6 Å². The minimum atomic E-state index is -0.196. The first-order chi connectivity index (χ1) is 10.1. The number of amides is 2. The predicted octanol–water partition coefficient (Wildman–Crippen LogP) is 1.25. The van der Waals surface area contributed by atoms with Gasteiger partial charge in [-0.25, -0.2) is 4.98 Å². The van der Waals surface area contributed by atoms with E-state index >= 15 is 0 Å². The number of nitrogens with zero attached hydrogens (tertiary/aromatic N) is 2. The zero-order valence-electron chi connectivity index (χ0n) is 12.6. The molecule has 0 saturated heterocycles. The van der Waals surface area contributed by atoms with Gasteiger partial charge in [0.1, 0.15) is 5.69 Å². The van der Waals surface area contributed by atoms with Crippen molar-refractivity contribution < 1.29 is 9.59 Å². The second-order valence-electron chi connectivity index (χ2n) is 6.22. The standard InChI is InChI=1S/C15H22N4O2/c1-9(2)16-15(21)13-18-12(14(20)17-10-6-7-10)11-5-3-4-8-19(11)13/h9-10H,3-8H2,1-2H3,(H,16,21)(H,17,20). The molecule has 1 fully saturated rings. The fraction of sp³-hybridized carbons (Fsp3) is 0.667. The summed E-state index contributed by atoms with van der Waals surface area (Å²) in [6, 6.07) is 0.351. The molecule has 1 aromatic rings.